The number of benzene rings is 6. The molecule has 0 saturated carbocycles. The topological polar surface area (TPSA) is 62.7 Å². The summed E-state index contributed by atoms with van der Waals surface area (Å²) in [6, 6.07) is 57.1. The first-order chi connectivity index (χ1) is 28.9. The van der Waals surface area contributed by atoms with E-state index in [0.717, 1.165) is 44.5 Å². The minimum absolute atomic E-state index is 0.0599. The zero-order chi connectivity index (χ0) is 41.4. The van der Waals surface area contributed by atoms with Crippen LogP contribution in [0.25, 0.3) is 44.5 Å². The summed E-state index contributed by atoms with van der Waals surface area (Å²) in [5.41, 5.74) is 11.2. The molecule has 0 aliphatic carbocycles. The minimum atomic E-state index is -0.0599. The summed E-state index contributed by atoms with van der Waals surface area (Å²) in [6.45, 7) is 13.4. The highest BCUT2D eigenvalue weighted by atomic mass is 16.5. The van der Waals surface area contributed by atoms with Crippen LogP contribution in [0.5, 0.6) is 46.5 Å². The summed E-state index contributed by atoms with van der Waals surface area (Å²) in [4.78, 5) is 9.33. The third kappa shape index (κ3) is 8.64. The van der Waals surface area contributed by atoms with Gasteiger partial charge in [0.25, 0.3) is 0 Å². The van der Waals surface area contributed by atoms with E-state index >= 15 is 0 Å². The van der Waals surface area contributed by atoms with Crippen LogP contribution in [0.4, 0.5) is 0 Å². The molecule has 0 saturated heterocycles. The van der Waals surface area contributed by atoms with Gasteiger partial charge in [-0.05, 0) is 127 Å². The van der Waals surface area contributed by atoms with Crippen molar-refractivity contribution in [2.24, 2.45) is 0 Å². The van der Waals surface area contributed by atoms with Gasteiger partial charge in [0.2, 0.25) is 23.5 Å². The third-order valence-corrected chi connectivity index (χ3v) is 10.6. The van der Waals surface area contributed by atoms with E-state index in [1.165, 1.54) is 11.1 Å². The maximum atomic E-state index is 6.23. The molecule has 6 aromatic carbocycles. The molecular formula is C54H46N2O4. The summed E-state index contributed by atoms with van der Waals surface area (Å²) >= 11 is 0. The van der Waals surface area contributed by atoms with Crippen molar-refractivity contribution in [2.45, 2.75) is 52.4 Å². The molecule has 7 aliphatic rings. The Labute approximate surface area is 352 Å². The van der Waals surface area contributed by atoms with Gasteiger partial charge in [-0.2, -0.15) is 9.97 Å². The molecule has 0 N–H and O–H groups in total. The minimum Gasteiger partial charge on any atom is -0.439 e. The maximum absolute atomic E-state index is 6.23. The first-order valence-electron chi connectivity index (χ1n) is 20.3. The lowest BCUT2D eigenvalue weighted by atomic mass is 9.83. The van der Waals surface area contributed by atoms with Gasteiger partial charge in [-0.25, -0.2) is 0 Å². The lowest BCUT2D eigenvalue weighted by Crippen LogP contribution is -2.11. The standard InChI is InChI=1S/C54H46N2O4/c1-53(2,3)43-31-39-29-40(32-43)36-15-23-46(24-16-36)58-50-10-8-12-52(56-50)60-48-27-19-38(20-28-48)42-30-41(33-44(34-42)54(4,5)6)37-17-25-47(26-18-37)59-51-11-7-9-49(55-51)57-45-21-13-35(39)14-22-45/h7-34H,1-6H3. The second-order valence-electron chi connectivity index (χ2n) is 17.2. The van der Waals surface area contributed by atoms with Gasteiger partial charge in [0, 0.05) is 24.3 Å². The molecule has 6 nitrogen and oxygen atoms in total. The van der Waals surface area contributed by atoms with Crippen LogP contribution in [0, 0.1) is 0 Å². The summed E-state index contributed by atoms with van der Waals surface area (Å²) in [7, 11) is 0. The van der Waals surface area contributed by atoms with Crippen molar-refractivity contribution in [3.05, 3.63) is 181 Å². The second-order valence-corrected chi connectivity index (χ2v) is 17.2. The first kappa shape index (κ1) is 38.3. The van der Waals surface area contributed by atoms with Crippen LogP contribution in [-0.2, 0) is 10.8 Å². The van der Waals surface area contributed by atoms with Crippen molar-refractivity contribution in [2.75, 3.05) is 0 Å². The van der Waals surface area contributed by atoms with Gasteiger partial charge in [0.1, 0.15) is 23.0 Å². The Kier molecular flexibility index (Phi) is 9.93. The van der Waals surface area contributed by atoms with Gasteiger partial charge in [-0.15, -0.1) is 0 Å². The Balaban J connectivity index is 1.09. The molecule has 296 valence electrons. The largest absolute Gasteiger partial charge is 0.439 e. The molecule has 16 bridgehead atoms. The second kappa shape index (κ2) is 15.5. The van der Waals surface area contributed by atoms with E-state index < -0.39 is 0 Å². The van der Waals surface area contributed by atoms with E-state index in [1.807, 2.05) is 84.9 Å². The maximum Gasteiger partial charge on any atom is 0.222 e. The van der Waals surface area contributed by atoms with E-state index in [0.29, 0.717) is 46.5 Å². The molecule has 2 aromatic heterocycles. The lowest BCUT2D eigenvalue weighted by molar-refractivity contribution is 0.425. The number of ether oxygens (including phenoxy) is 4. The van der Waals surface area contributed by atoms with E-state index in [-0.39, 0.29) is 10.8 Å². The Morgan fingerprint density at radius 3 is 0.733 bits per heavy atom. The number of rotatable bonds is 0. The Hall–Kier alpha value is -7.18. The number of hydrogen-bond acceptors (Lipinski definition) is 6. The van der Waals surface area contributed by atoms with Crippen molar-refractivity contribution in [3.63, 3.8) is 0 Å². The average Bonchev–Trinajstić information content (AvgIpc) is 3.24. The summed E-state index contributed by atoms with van der Waals surface area (Å²) in [5, 5.41) is 0. The molecule has 0 unspecified atom stereocenters. The number of pyridine rings is 2. The van der Waals surface area contributed by atoms with Crippen molar-refractivity contribution in [3.8, 4) is 91.0 Å². The zero-order valence-electron chi connectivity index (χ0n) is 34.7. The molecule has 7 aliphatic heterocycles. The Morgan fingerprint density at radius 2 is 0.517 bits per heavy atom. The summed E-state index contributed by atoms with van der Waals surface area (Å²) < 4.78 is 24.9. The predicted molar refractivity (Wildman–Crippen MR) is 241 cm³/mol. The number of aromatic nitrogens is 2. The molecule has 0 spiro atoms. The SMILES string of the molecule is CC(C)(C)c1cc2cc(c1)-c1ccc(cc1)Oc1cccc(n1)Oc1ccc(cc1)-c1cc(cc(C(C)(C)C)c1)-c1ccc(cc1)Oc1cccc(n1)Oc1ccc-2cc1. The molecule has 15 rings (SSSR count). The summed E-state index contributed by atoms with van der Waals surface area (Å²) in [5.74, 6) is 4.51. The average molecular weight is 787 g/mol. The van der Waals surface area contributed by atoms with Gasteiger partial charge >= 0.3 is 0 Å². The molecule has 0 atom stereocenters. The zero-order valence-corrected chi connectivity index (χ0v) is 34.7. The van der Waals surface area contributed by atoms with Crippen LogP contribution in [0.15, 0.2) is 170 Å². The molecule has 0 fully saturated rings. The third-order valence-electron chi connectivity index (χ3n) is 10.6. The van der Waals surface area contributed by atoms with E-state index in [4.69, 9.17) is 18.9 Å². The van der Waals surface area contributed by atoms with Crippen molar-refractivity contribution in [1.82, 2.24) is 9.97 Å². The molecular weight excluding hydrogens is 741 g/mol. The predicted octanol–water partition coefficient (Wildman–Crippen LogP) is 15.2. The number of hydrogen-bond donors (Lipinski definition) is 0. The molecule has 9 heterocycles. The lowest BCUT2D eigenvalue weighted by Gasteiger charge is -2.22. The molecule has 60 heavy (non-hydrogen) atoms. The van der Waals surface area contributed by atoms with Crippen LogP contribution in [-0.4, -0.2) is 9.97 Å². The number of nitrogens with zero attached hydrogens (tertiary/aromatic N) is 2. The molecule has 0 radical (unpaired) electrons. The van der Waals surface area contributed by atoms with Crippen molar-refractivity contribution in [1.29, 1.82) is 0 Å². The van der Waals surface area contributed by atoms with Crippen LogP contribution < -0.4 is 18.9 Å². The van der Waals surface area contributed by atoms with E-state index in [9.17, 15) is 0 Å². The monoisotopic (exact) mass is 786 g/mol. The van der Waals surface area contributed by atoms with Gasteiger partial charge < -0.3 is 18.9 Å². The highest BCUT2D eigenvalue weighted by Gasteiger charge is 2.19. The van der Waals surface area contributed by atoms with Crippen LogP contribution in [0.3, 0.4) is 0 Å². The molecule has 6 heteroatoms. The van der Waals surface area contributed by atoms with Crippen LogP contribution >= 0.6 is 0 Å². The van der Waals surface area contributed by atoms with E-state index in [2.05, 4.69) is 136 Å². The fourth-order valence-electron chi connectivity index (χ4n) is 7.15. The summed E-state index contributed by atoms with van der Waals surface area (Å²) in [6.07, 6.45) is 0. The van der Waals surface area contributed by atoms with Gasteiger partial charge in [-0.1, -0.05) is 126 Å². The molecule has 8 aromatic rings. The van der Waals surface area contributed by atoms with Gasteiger partial charge in [-0.3, -0.25) is 0 Å². The Bertz CT molecular complexity index is 2440. The first-order valence-corrected chi connectivity index (χ1v) is 20.3. The quantitative estimate of drug-likeness (QED) is 0.153. The van der Waals surface area contributed by atoms with Gasteiger partial charge in [0.15, 0.2) is 0 Å². The molecule has 0 amide bonds. The fraction of sp³-hybridized carbons (Fsp3) is 0.148. The Morgan fingerprint density at radius 1 is 0.283 bits per heavy atom. The van der Waals surface area contributed by atoms with Crippen LogP contribution in [0.2, 0.25) is 0 Å². The normalized spacial score (nSPS) is 12.4. The van der Waals surface area contributed by atoms with E-state index in [1.54, 1.807) is 0 Å². The smallest absolute Gasteiger partial charge is 0.222 e. The van der Waals surface area contributed by atoms with Crippen molar-refractivity contribution < 1.29 is 18.9 Å². The van der Waals surface area contributed by atoms with Crippen LogP contribution in [0.1, 0.15) is 52.7 Å². The highest BCUT2D eigenvalue weighted by molar-refractivity contribution is 5.77. The van der Waals surface area contributed by atoms with Crippen molar-refractivity contribution >= 4 is 0 Å². The highest BCUT2D eigenvalue weighted by Crippen LogP contribution is 2.38. The fourth-order valence-corrected chi connectivity index (χ4v) is 7.15. The van der Waals surface area contributed by atoms with Gasteiger partial charge in [0.05, 0.1) is 0 Å².